The highest BCUT2D eigenvalue weighted by molar-refractivity contribution is 7.89. The van der Waals surface area contributed by atoms with E-state index in [1.54, 1.807) is 6.92 Å². The van der Waals surface area contributed by atoms with E-state index in [1.807, 2.05) is 0 Å². The molecule has 0 atom stereocenters. The molecule has 2 rings (SSSR count). The molecule has 0 radical (unpaired) electrons. The van der Waals surface area contributed by atoms with Crippen LogP contribution in [0, 0.1) is 6.92 Å². The van der Waals surface area contributed by atoms with Crippen LogP contribution in [0.2, 0.25) is 5.02 Å². The molecule has 1 saturated carbocycles. The standard InChI is InChI=1S/C11H15ClN2O3S/c1-6-10(12)4-9(5-11(6)13)18(16,17)14-7-2-8(15)3-7/h4-5,7-8,14-15H,2-3,13H2,1H3. The molecule has 5 nitrogen and oxygen atoms in total. The van der Waals surface area contributed by atoms with Gasteiger partial charge in [-0.05, 0) is 37.5 Å². The quantitative estimate of drug-likeness (QED) is 0.725. The molecule has 1 aliphatic rings. The van der Waals surface area contributed by atoms with Crippen LogP contribution in [0.4, 0.5) is 5.69 Å². The van der Waals surface area contributed by atoms with Gasteiger partial charge in [0.05, 0.1) is 11.0 Å². The Balaban J connectivity index is 2.24. The second kappa shape index (κ2) is 4.70. The third kappa shape index (κ3) is 2.61. The zero-order valence-electron chi connectivity index (χ0n) is 9.85. The highest BCUT2D eigenvalue weighted by atomic mass is 35.5. The van der Waals surface area contributed by atoms with Gasteiger partial charge < -0.3 is 10.8 Å². The number of anilines is 1. The number of aliphatic hydroxyl groups excluding tert-OH is 1. The van der Waals surface area contributed by atoms with E-state index in [9.17, 15) is 8.42 Å². The minimum absolute atomic E-state index is 0.0528. The highest BCUT2D eigenvalue weighted by Crippen LogP contribution is 2.27. The van der Waals surface area contributed by atoms with Crippen molar-refractivity contribution in [1.82, 2.24) is 4.72 Å². The number of nitrogen functional groups attached to an aromatic ring is 1. The van der Waals surface area contributed by atoms with E-state index in [1.165, 1.54) is 12.1 Å². The molecule has 0 aromatic heterocycles. The maximum atomic E-state index is 12.1. The fraction of sp³-hybridized carbons (Fsp3) is 0.455. The molecule has 0 spiro atoms. The summed E-state index contributed by atoms with van der Waals surface area (Å²) < 4.78 is 26.6. The Bertz CT molecular complexity index is 545. The van der Waals surface area contributed by atoms with Crippen LogP contribution in [0.1, 0.15) is 18.4 Å². The van der Waals surface area contributed by atoms with Gasteiger partial charge in [-0.15, -0.1) is 0 Å². The average molecular weight is 291 g/mol. The molecule has 18 heavy (non-hydrogen) atoms. The summed E-state index contributed by atoms with van der Waals surface area (Å²) in [7, 11) is -3.63. The summed E-state index contributed by atoms with van der Waals surface area (Å²) in [5.74, 6) is 0. The number of aliphatic hydroxyl groups is 1. The Hall–Kier alpha value is -0.820. The molecule has 1 aromatic rings. The molecule has 0 unspecified atom stereocenters. The van der Waals surface area contributed by atoms with Gasteiger partial charge in [0.2, 0.25) is 10.0 Å². The molecule has 0 heterocycles. The lowest BCUT2D eigenvalue weighted by Gasteiger charge is -2.31. The van der Waals surface area contributed by atoms with Gasteiger partial charge in [0.15, 0.2) is 0 Å². The zero-order chi connectivity index (χ0) is 13.5. The first kappa shape index (κ1) is 13.6. The summed E-state index contributed by atoms with van der Waals surface area (Å²) in [6, 6.07) is 2.55. The van der Waals surface area contributed by atoms with E-state index in [-0.39, 0.29) is 10.9 Å². The first-order chi connectivity index (χ1) is 8.29. The molecule has 4 N–H and O–H groups in total. The van der Waals surface area contributed by atoms with E-state index in [2.05, 4.69) is 4.72 Å². The lowest BCUT2D eigenvalue weighted by atomic mass is 9.91. The minimum atomic E-state index is -3.63. The molecule has 100 valence electrons. The molecular weight excluding hydrogens is 276 g/mol. The van der Waals surface area contributed by atoms with Crippen molar-refractivity contribution in [3.05, 3.63) is 22.7 Å². The highest BCUT2D eigenvalue weighted by Gasteiger charge is 2.31. The van der Waals surface area contributed by atoms with Crippen molar-refractivity contribution in [3.8, 4) is 0 Å². The normalized spacial score (nSPS) is 23.7. The van der Waals surface area contributed by atoms with Gasteiger partial charge in [-0.1, -0.05) is 11.6 Å². The molecule has 0 saturated heterocycles. The van der Waals surface area contributed by atoms with Crippen LogP contribution in [-0.2, 0) is 10.0 Å². The molecule has 1 aliphatic carbocycles. The Labute approximate surface area is 111 Å². The topological polar surface area (TPSA) is 92.4 Å². The summed E-state index contributed by atoms with van der Waals surface area (Å²) >= 11 is 5.92. The third-order valence-electron chi connectivity index (χ3n) is 3.10. The van der Waals surface area contributed by atoms with E-state index >= 15 is 0 Å². The van der Waals surface area contributed by atoms with Crippen molar-refractivity contribution >= 4 is 27.3 Å². The maximum Gasteiger partial charge on any atom is 0.240 e. The van der Waals surface area contributed by atoms with Crippen LogP contribution < -0.4 is 10.5 Å². The molecule has 7 heteroatoms. The Morgan fingerprint density at radius 3 is 2.56 bits per heavy atom. The van der Waals surface area contributed by atoms with Gasteiger partial charge in [-0.2, -0.15) is 0 Å². The molecular formula is C11H15ClN2O3S. The number of benzene rings is 1. The van der Waals surface area contributed by atoms with Crippen molar-refractivity contribution in [2.45, 2.75) is 36.8 Å². The van der Waals surface area contributed by atoms with E-state index in [0.29, 0.717) is 29.1 Å². The fourth-order valence-corrected chi connectivity index (χ4v) is 3.41. The number of hydrogen-bond acceptors (Lipinski definition) is 4. The SMILES string of the molecule is Cc1c(N)cc(S(=O)(=O)NC2CC(O)C2)cc1Cl. The van der Waals surface area contributed by atoms with Gasteiger partial charge >= 0.3 is 0 Å². The number of halogens is 1. The average Bonchev–Trinajstić information content (AvgIpc) is 2.22. The predicted molar refractivity (Wildman–Crippen MR) is 70.0 cm³/mol. The third-order valence-corrected chi connectivity index (χ3v) is 5.00. The van der Waals surface area contributed by atoms with Crippen molar-refractivity contribution in [2.75, 3.05) is 5.73 Å². The lowest BCUT2D eigenvalue weighted by Crippen LogP contribution is -2.46. The van der Waals surface area contributed by atoms with Crippen LogP contribution >= 0.6 is 11.6 Å². The molecule has 0 bridgehead atoms. The van der Waals surface area contributed by atoms with Crippen LogP contribution in [-0.4, -0.2) is 25.7 Å². The number of nitrogens with one attached hydrogen (secondary N) is 1. The largest absolute Gasteiger partial charge is 0.398 e. The lowest BCUT2D eigenvalue weighted by molar-refractivity contribution is 0.0712. The van der Waals surface area contributed by atoms with Crippen LogP contribution in [0.3, 0.4) is 0 Å². The first-order valence-corrected chi connectivity index (χ1v) is 7.41. The van der Waals surface area contributed by atoms with Crippen LogP contribution in [0.25, 0.3) is 0 Å². The molecule has 1 aromatic carbocycles. The van der Waals surface area contributed by atoms with Gasteiger partial charge in [0.25, 0.3) is 0 Å². The smallest absolute Gasteiger partial charge is 0.240 e. The van der Waals surface area contributed by atoms with E-state index in [4.69, 9.17) is 22.4 Å². The van der Waals surface area contributed by atoms with Crippen molar-refractivity contribution in [3.63, 3.8) is 0 Å². The van der Waals surface area contributed by atoms with Crippen molar-refractivity contribution in [1.29, 1.82) is 0 Å². The van der Waals surface area contributed by atoms with Crippen LogP contribution in [0.15, 0.2) is 17.0 Å². The monoisotopic (exact) mass is 290 g/mol. The summed E-state index contributed by atoms with van der Waals surface area (Å²) in [6.07, 6.45) is 0.465. The Morgan fingerprint density at radius 1 is 1.44 bits per heavy atom. The second-order valence-electron chi connectivity index (χ2n) is 4.56. The van der Waals surface area contributed by atoms with E-state index < -0.39 is 16.1 Å². The van der Waals surface area contributed by atoms with Gasteiger partial charge in [-0.25, -0.2) is 13.1 Å². The predicted octanol–water partition coefficient (Wildman–Crippen LogP) is 1.03. The molecule has 0 amide bonds. The van der Waals surface area contributed by atoms with Crippen molar-refractivity contribution in [2.24, 2.45) is 0 Å². The van der Waals surface area contributed by atoms with Gasteiger partial charge in [0.1, 0.15) is 0 Å². The molecule has 0 aliphatic heterocycles. The Kier molecular flexibility index (Phi) is 3.55. The zero-order valence-corrected chi connectivity index (χ0v) is 11.4. The Morgan fingerprint density at radius 2 is 2.06 bits per heavy atom. The number of nitrogens with two attached hydrogens (primary N) is 1. The van der Waals surface area contributed by atoms with Crippen molar-refractivity contribution < 1.29 is 13.5 Å². The van der Waals surface area contributed by atoms with Crippen LogP contribution in [0.5, 0.6) is 0 Å². The fourth-order valence-electron chi connectivity index (χ4n) is 1.80. The van der Waals surface area contributed by atoms with Gasteiger partial charge in [0, 0.05) is 16.8 Å². The number of rotatable bonds is 3. The minimum Gasteiger partial charge on any atom is -0.398 e. The second-order valence-corrected chi connectivity index (χ2v) is 6.68. The maximum absolute atomic E-state index is 12.1. The number of sulfonamides is 1. The summed E-state index contributed by atoms with van der Waals surface area (Å²) in [5, 5.41) is 9.46. The summed E-state index contributed by atoms with van der Waals surface area (Å²) in [4.78, 5) is 0.0528. The summed E-state index contributed by atoms with van der Waals surface area (Å²) in [5.41, 5.74) is 6.71. The first-order valence-electron chi connectivity index (χ1n) is 5.55. The van der Waals surface area contributed by atoms with Gasteiger partial charge in [-0.3, -0.25) is 0 Å². The number of hydrogen-bond donors (Lipinski definition) is 3. The molecule has 1 fully saturated rings. The summed E-state index contributed by atoms with van der Waals surface area (Å²) in [6.45, 7) is 1.73. The van der Waals surface area contributed by atoms with E-state index in [0.717, 1.165) is 0 Å².